The molecule has 0 N–H and O–H groups in total. The lowest BCUT2D eigenvalue weighted by molar-refractivity contribution is -0.131. The number of carbonyl (C=O) groups excluding carboxylic acids is 2. The zero-order valence-corrected chi connectivity index (χ0v) is 17.5. The molecule has 154 valence electrons. The molecule has 2 aromatic rings. The molecule has 0 spiro atoms. The van der Waals surface area contributed by atoms with E-state index in [0.29, 0.717) is 34.9 Å². The number of hydrogen-bond acceptors (Lipinski definition) is 5. The van der Waals surface area contributed by atoms with Gasteiger partial charge in [-0.3, -0.25) is 9.59 Å². The van der Waals surface area contributed by atoms with E-state index in [4.69, 9.17) is 4.74 Å². The molecule has 7 nitrogen and oxygen atoms in total. The highest BCUT2D eigenvalue weighted by atomic mass is 32.2. The van der Waals surface area contributed by atoms with Crippen molar-refractivity contribution in [3.63, 3.8) is 0 Å². The Balaban J connectivity index is 1.70. The Morgan fingerprint density at radius 1 is 0.966 bits per heavy atom. The van der Waals surface area contributed by atoms with Crippen LogP contribution < -0.4 is 4.74 Å². The highest BCUT2D eigenvalue weighted by Crippen LogP contribution is 2.23. The quantitative estimate of drug-likeness (QED) is 0.564. The molecule has 2 aromatic carbocycles. The topological polar surface area (TPSA) is 84.0 Å². The third-order valence-electron chi connectivity index (χ3n) is 4.82. The van der Waals surface area contributed by atoms with Gasteiger partial charge in [0.25, 0.3) is 5.91 Å². The van der Waals surface area contributed by atoms with Crippen LogP contribution in [0.2, 0.25) is 0 Å². The second-order valence-corrected chi connectivity index (χ2v) is 8.99. The monoisotopic (exact) mass is 416 g/mol. The number of aryl methyl sites for hydroxylation is 2. The van der Waals surface area contributed by atoms with Crippen molar-refractivity contribution in [3.8, 4) is 5.75 Å². The molecule has 0 saturated carbocycles. The Kier molecular flexibility index (Phi) is 6.04. The number of nitrogens with zero attached hydrogens (tertiary/aromatic N) is 2. The van der Waals surface area contributed by atoms with Gasteiger partial charge in [-0.1, -0.05) is 23.8 Å². The fourth-order valence-corrected chi connectivity index (χ4v) is 5.03. The molecule has 1 saturated heterocycles. The van der Waals surface area contributed by atoms with Gasteiger partial charge in [-0.05, 0) is 43.7 Å². The van der Waals surface area contributed by atoms with Gasteiger partial charge in [-0.2, -0.15) is 4.31 Å². The Hall–Kier alpha value is -2.71. The van der Waals surface area contributed by atoms with Gasteiger partial charge < -0.3 is 9.64 Å². The maximum absolute atomic E-state index is 13.0. The Morgan fingerprint density at radius 2 is 1.66 bits per heavy atom. The van der Waals surface area contributed by atoms with Crippen molar-refractivity contribution < 1.29 is 22.7 Å². The van der Waals surface area contributed by atoms with Crippen LogP contribution in [-0.4, -0.2) is 55.7 Å². The zero-order valence-electron chi connectivity index (χ0n) is 16.7. The van der Waals surface area contributed by atoms with Crippen molar-refractivity contribution in [2.24, 2.45) is 0 Å². The Bertz CT molecular complexity index is 1040. The van der Waals surface area contributed by atoms with Gasteiger partial charge in [0, 0.05) is 38.7 Å². The van der Waals surface area contributed by atoms with Gasteiger partial charge >= 0.3 is 5.97 Å². The minimum absolute atomic E-state index is 0.220. The third kappa shape index (κ3) is 4.65. The van der Waals surface area contributed by atoms with Crippen molar-refractivity contribution in [1.82, 2.24) is 9.21 Å². The van der Waals surface area contributed by atoms with Gasteiger partial charge in [-0.25, -0.2) is 8.42 Å². The fraction of sp³-hybridized carbons (Fsp3) is 0.333. The molecule has 0 aliphatic carbocycles. The summed E-state index contributed by atoms with van der Waals surface area (Å²) in [7, 11) is -3.61. The van der Waals surface area contributed by atoms with Gasteiger partial charge in [0.1, 0.15) is 5.75 Å². The predicted octanol–water partition coefficient (Wildman–Crippen LogP) is 2.38. The summed E-state index contributed by atoms with van der Waals surface area (Å²) < 4.78 is 32.4. The van der Waals surface area contributed by atoms with Crippen LogP contribution >= 0.6 is 0 Å². The normalized spacial score (nSPS) is 15.2. The van der Waals surface area contributed by atoms with Crippen LogP contribution in [0.15, 0.2) is 47.4 Å². The van der Waals surface area contributed by atoms with Crippen molar-refractivity contribution in [2.75, 3.05) is 26.2 Å². The summed E-state index contributed by atoms with van der Waals surface area (Å²) >= 11 is 0. The van der Waals surface area contributed by atoms with E-state index in [1.165, 1.54) is 17.3 Å². The van der Waals surface area contributed by atoms with Crippen molar-refractivity contribution in [2.45, 2.75) is 25.7 Å². The molecule has 29 heavy (non-hydrogen) atoms. The lowest BCUT2D eigenvalue weighted by atomic mass is 10.1. The number of esters is 1. The van der Waals surface area contributed by atoms with Crippen LogP contribution in [0.1, 0.15) is 28.4 Å². The summed E-state index contributed by atoms with van der Waals surface area (Å²) in [4.78, 5) is 25.8. The first-order valence-electron chi connectivity index (χ1n) is 9.33. The smallest absolute Gasteiger partial charge is 0.308 e. The molecule has 1 amide bonds. The molecule has 0 bridgehead atoms. The van der Waals surface area contributed by atoms with Gasteiger partial charge in [0.2, 0.25) is 10.0 Å². The summed E-state index contributed by atoms with van der Waals surface area (Å²) in [5, 5.41) is 0. The maximum Gasteiger partial charge on any atom is 0.308 e. The third-order valence-corrected chi connectivity index (χ3v) is 6.88. The molecule has 3 rings (SSSR count). The summed E-state index contributed by atoms with van der Waals surface area (Å²) in [5.41, 5.74) is 2.12. The highest BCUT2D eigenvalue weighted by Gasteiger charge is 2.31. The molecular formula is C21H24N2O5S. The first-order chi connectivity index (χ1) is 13.7. The SMILES string of the molecule is CC(=O)Oc1cccc(C(=O)N2CCN(S(=O)(=O)c3ccc(C)cc3C)CC2)c1. The van der Waals surface area contributed by atoms with E-state index in [9.17, 15) is 18.0 Å². The van der Waals surface area contributed by atoms with Crippen molar-refractivity contribution in [1.29, 1.82) is 0 Å². The summed E-state index contributed by atoms with van der Waals surface area (Å²) in [6.07, 6.45) is 0. The Morgan fingerprint density at radius 3 is 2.28 bits per heavy atom. The minimum Gasteiger partial charge on any atom is -0.427 e. The Labute approximate surface area is 170 Å². The van der Waals surface area contributed by atoms with Crippen LogP contribution in [0.5, 0.6) is 5.75 Å². The number of piperazine rings is 1. The molecule has 1 fully saturated rings. The number of ether oxygens (including phenoxy) is 1. The van der Waals surface area contributed by atoms with Crippen LogP contribution in [0, 0.1) is 13.8 Å². The van der Waals surface area contributed by atoms with Crippen LogP contribution in [0.25, 0.3) is 0 Å². The van der Waals surface area contributed by atoms with E-state index in [2.05, 4.69) is 0 Å². The molecule has 8 heteroatoms. The molecule has 1 aliphatic heterocycles. The summed E-state index contributed by atoms with van der Waals surface area (Å²) in [5.74, 6) is -0.373. The number of carbonyl (C=O) groups is 2. The van der Waals surface area contributed by atoms with Gasteiger partial charge in [0.05, 0.1) is 4.90 Å². The average Bonchev–Trinajstić information content (AvgIpc) is 2.67. The maximum atomic E-state index is 13.0. The molecule has 0 unspecified atom stereocenters. The van der Waals surface area contributed by atoms with E-state index in [0.717, 1.165) is 5.56 Å². The molecule has 1 aliphatic rings. The number of sulfonamides is 1. The summed E-state index contributed by atoms with van der Waals surface area (Å²) in [6, 6.07) is 11.7. The number of hydrogen-bond donors (Lipinski definition) is 0. The fourth-order valence-electron chi connectivity index (χ4n) is 3.40. The second kappa shape index (κ2) is 8.34. The molecule has 1 heterocycles. The predicted molar refractivity (Wildman–Crippen MR) is 108 cm³/mol. The molecule has 0 aromatic heterocycles. The lowest BCUT2D eigenvalue weighted by Gasteiger charge is -2.34. The molecule has 0 radical (unpaired) electrons. The van der Waals surface area contributed by atoms with Gasteiger partial charge in [-0.15, -0.1) is 0 Å². The molecule has 0 atom stereocenters. The second-order valence-electron chi connectivity index (χ2n) is 7.09. The van der Waals surface area contributed by atoms with Crippen molar-refractivity contribution in [3.05, 3.63) is 59.2 Å². The standard InChI is InChI=1S/C21H24N2O5S/c1-15-7-8-20(16(2)13-15)29(26,27)23-11-9-22(10-12-23)21(25)18-5-4-6-19(14-18)28-17(3)24/h4-8,13-14H,9-12H2,1-3H3. The molecular weight excluding hydrogens is 392 g/mol. The van der Waals surface area contributed by atoms with Crippen LogP contribution in [-0.2, 0) is 14.8 Å². The minimum atomic E-state index is -3.61. The van der Waals surface area contributed by atoms with E-state index in [1.54, 1.807) is 42.2 Å². The first kappa shape index (κ1) is 21.0. The average molecular weight is 416 g/mol. The first-order valence-corrected chi connectivity index (χ1v) is 10.8. The zero-order chi connectivity index (χ0) is 21.2. The number of benzene rings is 2. The van der Waals surface area contributed by atoms with Crippen LogP contribution in [0.3, 0.4) is 0 Å². The van der Waals surface area contributed by atoms with E-state index < -0.39 is 16.0 Å². The number of rotatable bonds is 4. The largest absolute Gasteiger partial charge is 0.427 e. The van der Waals surface area contributed by atoms with E-state index in [1.807, 2.05) is 13.0 Å². The number of amides is 1. The summed E-state index contributed by atoms with van der Waals surface area (Å²) in [6.45, 7) is 6.04. The highest BCUT2D eigenvalue weighted by molar-refractivity contribution is 7.89. The van der Waals surface area contributed by atoms with Crippen LogP contribution in [0.4, 0.5) is 0 Å². The van der Waals surface area contributed by atoms with Gasteiger partial charge in [0.15, 0.2) is 0 Å². The van der Waals surface area contributed by atoms with E-state index in [-0.39, 0.29) is 19.0 Å². The van der Waals surface area contributed by atoms with E-state index >= 15 is 0 Å². The lowest BCUT2D eigenvalue weighted by Crippen LogP contribution is -2.50. The van der Waals surface area contributed by atoms with Crippen molar-refractivity contribution >= 4 is 21.9 Å².